The normalized spacial score (nSPS) is 13.2. The summed E-state index contributed by atoms with van der Waals surface area (Å²) < 4.78 is 40.6. The van der Waals surface area contributed by atoms with E-state index in [4.69, 9.17) is 0 Å². The number of hydrogen-bond acceptors (Lipinski definition) is 7. The molecule has 39 heavy (non-hydrogen) atoms. The number of amides is 2. The van der Waals surface area contributed by atoms with Crippen LogP contribution in [0.4, 0.5) is 24.7 Å². The second-order valence-corrected chi connectivity index (χ2v) is 10.0. The van der Waals surface area contributed by atoms with Crippen LogP contribution in [0.2, 0.25) is 0 Å². The summed E-state index contributed by atoms with van der Waals surface area (Å²) in [6.07, 6.45) is -1.04. The van der Waals surface area contributed by atoms with Gasteiger partial charge >= 0.3 is 6.18 Å². The Kier molecular flexibility index (Phi) is 7.04. The first-order chi connectivity index (χ1) is 18.6. The Labute approximate surface area is 224 Å². The number of anilines is 2. The SMILES string of the molecule is Cc1ccc(C(=O)Nc2ccc(C=O)c(C(F)(F)F)c2)cc1CNC(=O)c1csc2c(NC3CC3)ncnc12. The van der Waals surface area contributed by atoms with Crippen molar-refractivity contribution in [3.63, 3.8) is 0 Å². The van der Waals surface area contributed by atoms with Crippen molar-refractivity contribution >= 4 is 51.2 Å². The van der Waals surface area contributed by atoms with Crippen molar-refractivity contribution in [2.45, 2.75) is 38.5 Å². The number of aldehydes is 1. The van der Waals surface area contributed by atoms with E-state index in [1.54, 1.807) is 17.5 Å². The number of rotatable bonds is 8. The molecule has 12 heteroatoms. The van der Waals surface area contributed by atoms with Gasteiger partial charge in [0.05, 0.1) is 21.3 Å². The fourth-order valence-corrected chi connectivity index (χ4v) is 4.95. The van der Waals surface area contributed by atoms with E-state index in [0.29, 0.717) is 28.5 Å². The second kappa shape index (κ2) is 10.4. The zero-order valence-electron chi connectivity index (χ0n) is 20.6. The molecule has 0 saturated heterocycles. The van der Waals surface area contributed by atoms with Gasteiger partial charge in [0.25, 0.3) is 11.8 Å². The molecular weight excluding hydrogens is 531 g/mol. The van der Waals surface area contributed by atoms with Gasteiger partial charge in [-0.25, -0.2) is 9.97 Å². The smallest absolute Gasteiger partial charge is 0.366 e. The van der Waals surface area contributed by atoms with Gasteiger partial charge in [-0.1, -0.05) is 6.07 Å². The van der Waals surface area contributed by atoms with Gasteiger partial charge in [-0.15, -0.1) is 11.3 Å². The Balaban J connectivity index is 1.29. The molecule has 2 aromatic heterocycles. The third-order valence-corrected chi connectivity index (χ3v) is 7.29. The maximum atomic E-state index is 13.3. The van der Waals surface area contributed by atoms with E-state index in [1.165, 1.54) is 29.8 Å². The van der Waals surface area contributed by atoms with Crippen molar-refractivity contribution in [3.05, 3.63) is 81.5 Å². The minimum atomic E-state index is -4.75. The van der Waals surface area contributed by atoms with Crippen LogP contribution in [0.3, 0.4) is 0 Å². The lowest BCUT2D eigenvalue weighted by Crippen LogP contribution is -2.23. The van der Waals surface area contributed by atoms with Crippen LogP contribution in [0.15, 0.2) is 48.1 Å². The summed E-state index contributed by atoms with van der Waals surface area (Å²) in [6, 6.07) is 8.15. The number of alkyl halides is 3. The van der Waals surface area contributed by atoms with E-state index in [9.17, 15) is 27.6 Å². The molecule has 200 valence electrons. The monoisotopic (exact) mass is 553 g/mol. The molecule has 1 aliphatic rings. The van der Waals surface area contributed by atoms with Crippen molar-refractivity contribution in [1.82, 2.24) is 15.3 Å². The summed E-state index contributed by atoms with van der Waals surface area (Å²) >= 11 is 1.38. The predicted octanol–water partition coefficient (Wildman–Crippen LogP) is 5.59. The van der Waals surface area contributed by atoms with E-state index in [1.807, 2.05) is 6.92 Å². The highest BCUT2D eigenvalue weighted by Gasteiger charge is 2.33. The average molecular weight is 554 g/mol. The molecule has 2 heterocycles. The Bertz CT molecular complexity index is 1600. The predicted molar refractivity (Wildman–Crippen MR) is 141 cm³/mol. The van der Waals surface area contributed by atoms with Gasteiger partial charge < -0.3 is 16.0 Å². The molecule has 8 nitrogen and oxygen atoms in total. The van der Waals surface area contributed by atoms with Gasteiger partial charge in [-0.3, -0.25) is 14.4 Å². The largest absolute Gasteiger partial charge is 0.417 e. The van der Waals surface area contributed by atoms with Crippen LogP contribution in [0.25, 0.3) is 10.2 Å². The molecule has 3 N–H and O–H groups in total. The number of hydrogen-bond donors (Lipinski definition) is 3. The fourth-order valence-electron chi connectivity index (χ4n) is 4.00. The molecule has 0 bridgehead atoms. The van der Waals surface area contributed by atoms with Crippen molar-refractivity contribution in [2.75, 3.05) is 10.6 Å². The molecule has 1 aliphatic carbocycles. The molecule has 2 amide bonds. The van der Waals surface area contributed by atoms with Gasteiger partial charge in [0, 0.05) is 34.8 Å². The van der Waals surface area contributed by atoms with Crippen LogP contribution >= 0.6 is 11.3 Å². The van der Waals surface area contributed by atoms with Gasteiger partial charge in [-0.05, 0) is 61.2 Å². The first-order valence-corrected chi connectivity index (χ1v) is 12.9. The summed E-state index contributed by atoms with van der Waals surface area (Å²) in [5.74, 6) is -0.253. The van der Waals surface area contributed by atoms with Crippen LogP contribution in [0.5, 0.6) is 0 Å². The highest BCUT2D eigenvalue weighted by Crippen LogP contribution is 2.34. The van der Waals surface area contributed by atoms with Crippen molar-refractivity contribution in [3.8, 4) is 0 Å². The van der Waals surface area contributed by atoms with Gasteiger partial charge in [-0.2, -0.15) is 13.2 Å². The van der Waals surface area contributed by atoms with Crippen molar-refractivity contribution < 1.29 is 27.6 Å². The highest BCUT2D eigenvalue weighted by atomic mass is 32.1. The van der Waals surface area contributed by atoms with E-state index in [-0.39, 0.29) is 30.0 Å². The molecule has 0 unspecified atom stereocenters. The molecule has 0 aliphatic heterocycles. The number of carbonyl (C=O) groups is 3. The molecule has 0 spiro atoms. The standard InChI is InChI=1S/C27H22F3N5O3S/c1-14-2-3-15(25(37)35-19-5-4-16(11-36)21(9-19)27(28,29)30)8-17(14)10-31-26(38)20-12-39-23-22(20)32-13-33-24(23)34-18-6-7-18/h2-5,8-9,11-13,18H,6-7,10H2,1H3,(H,31,38)(H,35,37)(H,32,33,34). The number of benzene rings is 2. The lowest BCUT2D eigenvalue weighted by atomic mass is 10.0. The third-order valence-electron chi connectivity index (χ3n) is 6.31. The number of halogens is 3. The topological polar surface area (TPSA) is 113 Å². The number of fused-ring (bicyclic) bond motifs is 1. The van der Waals surface area contributed by atoms with Crippen LogP contribution in [-0.4, -0.2) is 34.1 Å². The lowest BCUT2D eigenvalue weighted by Gasteiger charge is -2.13. The summed E-state index contributed by atoms with van der Waals surface area (Å²) in [5.41, 5.74) is 0.890. The Morgan fingerprint density at radius 3 is 2.62 bits per heavy atom. The molecular formula is C27H22F3N5O3S. The number of aryl methyl sites for hydroxylation is 1. The zero-order chi connectivity index (χ0) is 27.7. The summed E-state index contributed by atoms with van der Waals surface area (Å²) in [4.78, 5) is 45.4. The number of thiophene rings is 1. The molecule has 1 fully saturated rings. The number of carbonyl (C=O) groups excluding carboxylic acids is 3. The molecule has 5 rings (SSSR count). The molecule has 2 aromatic carbocycles. The van der Waals surface area contributed by atoms with E-state index in [2.05, 4.69) is 25.9 Å². The lowest BCUT2D eigenvalue weighted by molar-refractivity contribution is -0.137. The van der Waals surface area contributed by atoms with E-state index < -0.39 is 23.2 Å². The fraction of sp³-hybridized carbons (Fsp3) is 0.222. The third kappa shape index (κ3) is 5.75. The maximum absolute atomic E-state index is 13.3. The minimum Gasteiger partial charge on any atom is -0.366 e. The van der Waals surface area contributed by atoms with Crippen molar-refractivity contribution in [2.24, 2.45) is 0 Å². The summed E-state index contributed by atoms with van der Waals surface area (Å²) in [7, 11) is 0. The molecule has 0 radical (unpaired) electrons. The minimum absolute atomic E-state index is 0.102. The average Bonchev–Trinajstić information content (AvgIpc) is 3.62. The van der Waals surface area contributed by atoms with Crippen LogP contribution in [0, 0.1) is 6.92 Å². The number of nitrogens with zero attached hydrogens (tertiary/aromatic N) is 2. The molecule has 1 saturated carbocycles. The number of aromatic nitrogens is 2. The van der Waals surface area contributed by atoms with Crippen LogP contribution in [-0.2, 0) is 12.7 Å². The highest BCUT2D eigenvalue weighted by molar-refractivity contribution is 7.18. The second-order valence-electron chi connectivity index (χ2n) is 9.16. The Morgan fingerprint density at radius 2 is 1.90 bits per heavy atom. The Hall–Kier alpha value is -4.32. The maximum Gasteiger partial charge on any atom is 0.417 e. The van der Waals surface area contributed by atoms with Gasteiger partial charge in [0.1, 0.15) is 12.1 Å². The first kappa shape index (κ1) is 26.3. The van der Waals surface area contributed by atoms with Crippen LogP contribution < -0.4 is 16.0 Å². The van der Waals surface area contributed by atoms with Gasteiger partial charge in [0.15, 0.2) is 6.29 Å². The Morgan fingerprint density at radius 1 is 1.10 bits per heavy atom. The quantitative estimate of drug-likeness (QED) is 0.245. The van der Waals surface area contributed by atoms with Gasteiger partial charge in [0.2, 0.25) is 0 Å². The number of nitrogens with one attached hydrogen (secondary N) is 3. The zero-order valence-corrected chi connectivity index (χ0v) is 21.4. The summed E-state index contributed by atoms with van der Waals surface area (Å²) in [6.45, 7) is 1.94. The summed E-state index contributed by atoms with van der Waals surface area (Å²) in [5, 5.41) is 10.4. The molecule has 0 atom stereocenters. The van der Waals surface area contributed by atoms with Crippen LogP contribution in [0.1, 0.15) is 60.6 Å². The first-order valence-electron chi connectivity index (χ1n) is 12.0. The van der Waals surface area contributed by atoms with Crippen molar-refractivity contribution in [1.29, 1.82) is 0 Å². The molecule has 4 aromatic rings. The van der Waals surface area contributed by atoms with E-state index >= 15 is 0 Å². The van der Waals surface area contributed by atoms with E-state index in [0.717, 1.165) is 35.2 Å².